The van der Waals surface area contributed by atoms with Crippen LogP contribution in [0.1, 0.15) is 46.1 Å². The second kappa shape index (κ2) is 12.6. The first-order chi connectivity index (χ1) is 20.8. The molecule has 2 aromatic carbocycles. The van der Waals surface area contributed by atoms with Crippen molar-refractivity contribution < 1.29 is 32.8 Å². The number of nitrogens with zero attached hydrogens (tertiary/aromatic N) is 1. The van der Waals surface area contributed by atoms with Crippen molar-refractivity contribution in [2.24, 2.45) is 0 Å². The van der Waals surface area contributed by atoms with Crippen molar-refractivity contribution in [1.82, 2.24) is 15.6 Å². The van der Waals surface area contributed by atoms with Gasteiger partial charge in [-0.3, -0.25) is 4.79 Å². The summed E-state index contributed by atoms with van der Waals surface area (Å²) in [6.45, 7) is 7.80. The standard InChI is InChI=1S/C31H33BCl2FN3O6/c1-30(2)31(3,4)44-32(43-30)22-11-7-9-20(26(22)34)19-8-6-10-21(25(19)33)27-23(35)14-17(28(38-27)41-5)16-42-29(40)36-15-18-12-13-24(39)37-18/h6-11,14,18H,12-13,15-16H2,1-5H3,(H,36,40)(H,37,39). The minimum absolute atomic E-state index is 0.0443. The Morgan fingerprint density at radius 2 is 1.73 bits per heavy atom. The summed E-state index contributed by atoms with van der Waals surface area (Å²) < 4.78 is 38.6. The average molecular weight is 644 g/mol. The second-order valence-electron chi connectivity index (χ2n) is 11.7. The summed E-state index contributed by atoms with van der Waals surface area (Å²) in [5.41, 5.74) is 1.23. The molecule has 2 N–H and O–H groups in total. The van der Waals surface area contributed by atoms with E-state index in [1.165, 1.54) is 13.2 Å². The molecule has 3 aromatic rings. The lowest BCUT2D eigenvalue weighted by molar-refractivity contribution is -0.119. The van der Waals surface area contributed by atoms with E-state index in [9.17, 15) is 9.59 Å². The van der Waals surface area contributed by atoms with Gasteiger partial charge < -0.3 is 29.4 Å². The third kappa shape index (κ3) is 6.37. The Bertz CT molecular complexity index is 1590. The topological polar surface area (TPSA) is 108 Å². The van der Waals surface area contributed by atoms with Crippen LogP contribution in [0.3, 0.4) is 0 Å². The molecule has 0 bridgehead atoms. The van der Waals surface area contributed by atoms with E-state index < -0.39 is 30.2 Å². The number of amides is 2. The fourth-order valence-electron chi connectivity index (χ4n) is 5.04. The summed E-state index contributed by atoms with van der Waals surface area (Å²) >= 11 is 13.8. The van der Waals surface area contributed by atoms with E-state index in [-0.39, 0.29) is 47.3 Å². The number of rotatable bonds is 8. The number of carbonyl (C=O) groups excluding carboxylic acids is 2. The molecule has 2 aliphatic heterocycles. The van der Waals surface area contributed by atoms with Gasteiger partial charge in [-0.15, -0.1) is 0 Å². The number of aromatic nitrogens is 1. The zero-order valence-corrected chi connectivity index (χ0v) is 26.6. The van der Waals surface area contributed by atoms with Gasteiger partial charge in [0.25, 0.3) is 0 Å². The van der Waals surface area contributed by atoms with Gasteiger partial charge in [0.05, 0.1) is 28.9 Å². The molecule has 2 amide bonds. The van der Waals surface area contributed by atoms with Crippen molar-refractivity contribution in [3.63, 3.8) is 0 Å². The summed E-state index contributed by atoms with van der Waals surface area (Å²) in [5, 5.41) is 5.98. The molecule has 1 aromatic heterocycles. The smallest absolute Gasteiger partial charge is 0.481 e. The second-order valence-corrected chi connectivity index (χ2v) is 12.5. The van der Waals surface area contributed by atoms with Gasteiger partial charge in [0, 0.05) is 46.2 Å². The molecule has 232 valence electrons. The number of benzene rings is 2. The molecule has 0 spiro atoms. The molecule has 5 rings (SSSR count). The summed E-state index contributed by atoms with van der Waals surface area (Å²) in [6, 6.07) is 11.7. The van der Waals surface area contributed by atoms with Gasteiger partial charge in [-0.05, 0) is 40.2 Å². The minimum atomic E-state index is -0.715. The van der Waals surface area contributed by atoms with Crippen molar-refractivity contribution in [2.75, 3.05) is 13.7 Å². The van der Waals surface area contributed by atoms with Crippen LogP contribution < -0.4 is 20.8 Å². The maximum Gasteiger partial charge on any atom is 0.496 e. The predicted octanol–water partition coefficient (Wildman–Crippen LogP) is 5.67. The Hall–Kier alpha value is -3.38. The molecular weight excluding hydrogens is 611 g/mol. The van der Waals surface area contributed by atoms with E-state index in [1.54, 1.807) is 18.2 Å². The highest BCUT2D eigenvalue weighted by Crippen LogP contribution is 2.41. The summed E-state index contributed by atoms with van der Waals surface area (Å²) in [7, 11) is 0.702. The van der Waals surface area contributed by atoms with Crippen molar-refractivity contribution in [1.29, 1.82) is 0 Å². The number of methoxy groups -OCH3 is 1. The number of pyridine rings is 1. The van der Waals surface area contributed by atoms with Crippen LogP contribution in [0.25, 0.3) is 22.4 Å². The molecule has 3 heterocycles. The van der Waals surface area contributed by atoms with Gasteiger partial charge in [-0.25, -0.2) is 14.2 Å². The normalized spacial score (nSPS) is 18.7. The summed E-state index contributed by atoms with van der Waals surface area (Å²) in [4.78, 5) is 27.9. The van der Waals surface area contributed by atoms with Crippen molar-refractivity contribution in [3.8, 4) is 28.3 Å². The Morgan fingerprint density at radius 3 is 2.36 bits per heavy atom. The van der Waals surface area contributed by atoms with E-state index in [0.29, 0.717) is 40.0 Å². The van der Waals surface area contributed by atoms with Gasteiger partial charge in [0.1, 0.15) is 18.1 Å². The van der Waals surface area contributed by atoms with E-state index in [2.05, 4.69) is 15.6 Å². The molecule has 2 fully saturated rings. The molecule has 9 nitrogen and oxygen atoms in total. The highest BCUT2D eigenvalue weighted by Gasteiger charge is 2.52. The predicted molar refractivity (Wildman–Crippen MR) is 167 cm³/mol. The van der Waals surface area contributed by atoms with Gasteiger partial charge in [-0.2, -0.15) is 0 Å². The molecule has 13 heteroatoms. The Labute approximate surface area is 265 Å². The molecule has 2 aliphatic rings. The first-order valence-electron chi connectivity index (χ1n) is 14.2. The Balaban J connectivity index is 1.38. The number of carbonyl (C=O) groups is 2. The summed E-state index contributed by atoms with van der Waals surface area (Å²) in [5.74, 6) is -0.672. The first-order valence-corrected chi connectivity index (χ1v) is 14.9. The van der Waals surface area contributed by atoms with Crippen LogP contribution in [0.5, 0.6) is 5.88 Å². The Kier molecular flexibility index (Phi) is 9.14. The number of alkyl carbamates (subject to hydrolysis) is 1. The minimum Gasteiger partial charge on any atom is -0.481 e. The number of hydrogen-bond acceptors (Lipinski definition) is 7. The molecule has 44 heavy (non-hydrogen) atoms. The lowest BCUT2D eigenvalue weighted by atomic mass is 9.77. The van der Waals surface area contributed by atoms with E-state index in [0.717, 1.165) is 0 Å². The maximum absolute atomic E-state index is 15.5. The van der Waals surface area contributed by atoms with E-state index >= 15 is 4.39 Å². The van der Waals surface area contributed by atoms with Crippen molar-refractivity contribution in [3.05, 3.63) is 63.9 Å². The lowest BCUT2D eigenvalue weighted by Gasteiger charge is -2.32. The first kappa shape index (κ1) is 32.0. The number of nitrogens with one attached hydrogen (secondary N) is 2. The van der Waals surface area contributed by atoms with Crippen LogP contribution in [0, 0.1) is 5.82 Å². The van der Waals surface area contributed by atoms with E-state index in [1.807, 2.05) is 45.9 Å². The third-order valence-corrected chi connectivity index (χ3v) is 9.05. The SMILES string of the molecule is COc1nc(-c2cccc(-c3cccc(B4OC(C)(C)C(C)(C)O4)c3Cl)c2Cl)c(F)cc1COC(=O)NCC1CCC(=O)N1. The Morgan fingerprint density at radius 1 is 1.09 bits per heavy atom. The fourth-order valence-corrected chi connectivity index (χ4v) is 5.68. The molecule has 1 unspecified atom stereocenters. The monoisotopic (exact) mass is 643 g/mol. The quantitative estimate of drug-likeness (QED) is 0.304. The zero-order valence-electron chi connectivity index (χ0n) is 25.1. The maximum atomic E-state index is 15.5. The molecule has 1 atom stereocenters. The fraction of sp³-hybridized carbons (Fsp3) is 0.387. The number of halogens is 3. The highest BCUT2D eigenvalue weighted by atomic mass is 35.5. The van der Waals surface area contributed by atoms with Crippen LogP contribution in [0.2, 0.25) is 10.0 Å². The van der Waals surface area contributed by atoms with Crippen LogP contribution in [-0.2, 0) is 25.4 Å². The van der Waals surface area contributed by atoms with Crippen LogP contribution in [0.4, 0.5) is 9.18 Å². The lowest BCUT2D eigenvalue weighted by Crippen LogP contribution is -2.41. The average Bonchev–Trinajstić information content (AvgIpc) is 3.49. The van der Waals surface area contributed by atoms with Gasteiger partial charge >= 0.3 is 13.2 Å². The van der Waals surface area contributed by atoms with Crippen LogP contribution in [0.15, 0.2) is 42.5 Å². The number of ether oxygens (including phenoxy) is 2. The molecule has 0 radical (unpaired) electrons. The number of hydrogen-bond donors (Lipinski definition) is 2. The molecular formula is C31H33BCl2FN3O6. The largest absolute Gasteiger partial charge is 0.496 e. The van der Waals surface area contributed by atoms with E-state index in [4.69, 9.17) is 42.0 Å². The van der Waals surface area contributed by atoms with Crippen LogP contribution >= 0.6 is 23.2 Å². The highest BCUT2D eigenvalue weighted by molar-refractivity contribution is 6.66. The zero-order chi connectivity index (χ0) is 31.8. The van der Waals surface area contributed by atoms with Gasteiger partial charge in [0.15, 0.2) is 0 Å². The van der Waals surface area contributed by atoms with Crippen LogP contribution in [-0.4, -0.2) is 55.0 Å². The molecule has 0 saturated carbocycles. The molecule has 0 aliphatic carbocycles. The molecule has 2 saturated heterocycles. The summed E-state index contributed by atoms with van der Waals surface area (Å²) in [6.07, 6.45) is 0.335. The van der Waals surface area contributed by atoms with Gasteiger partial charge in [-0.1, -0.05) is 59.6 Å². The van der Waals surface area contributed by atoms with Crippen molar-refractivity contribution in [2.45, 2.75) is 64.4 Å². The third-order valence-electron chi connectivity index (χ3n) is 8.22. The van der Waals surface area contributed by atoms with Gasteiger partial charge in [0.2, 0.25) is 11.8 Å². The van der Waals surface area contributed by atoms with Crippen molar-refractivity contribution >= 4 is 47.8 Å².